The molecule has 0 fully saturated rings. The first kappa shape index (κ1) is 11.4. The largest absolute Gasteiger partial charge is 0.337 e. The van der Waals surface area contributed by atoms with Gasteiger partial charge in [0.05, 0.1) is 11.7 Å². The molecule has 18 heavy (non-hydrogen) atoms. The molecule has 0 bridgehead atoms. The number of hydrazine groups is 1. The molecule has 0 amide bonds. The highest BCUT2D eigenvalue weighted by Crippen LogP contribution is 2.17. The molecule has 6 nitrogen and oxygen atoms in total. The van der Waals surface area contributed by atoms with Crippen molar-refractivity contribution in [1.29, 1.82) is 0 Å². The van der Waals surface area contributed by atoms with Crippen molar-refractivity contribution in [2.24, 2.45) is 12.9 Å². The van der Waals surface area contributed by atoms with Crippen LogP contribution in [0.3, 0.4) is 0 Å². The predicted octanol–water partition coefficient (Wildman–Crippen LogP) is 0.876. The third kappa shape index (κ3) is 1.92. The van der Waals surface area contributed by atoms with E-state index in [0.717, 1.165) is 22.9 Å². The van der Waals surface area contributed by atoms with Crippen molar-refractivity contribution in [2.45, 2.75) is 12.5 Å². The molecule has 0 saturated heterocycles. The maximum absolute atomic E-state index is 5.61. The minimum Gasteiger partial charge on any atom is -0.337 e. The minimum atomic E-state index is -0.0328. The zero-order valence-corrected chi connectivity index (χ0v) is 10.8. The highest BCUT2D eigenvalue weighted by Gasteiger charge is 2.16. The van der Waals surface area contributed by atoms with Gasteiger partial charge in [-0.05, 0) is 0 Å². The van der Waals surface area contributed by atoms with Crippen LogP contribution in [-0.2, 0) is 13.5 Å². The van der Waals surface area contributed by atoms with Gasteiger partial charge >= 0.3 is 0 Å². The molecule has 3 heterocycles. The van der Waals surface area contributed by atoms with E-state index in [1.807, 2.05) is 40.0 Å². The van der Waals surface area contributed by atoms with Crippen LogP contribution in [-0.4, -0.2) is 18.9 Å². The number of fused-ring (bicyclic) bond motifs is 1. The van der Waals surface area contributed by atoms with Gasteiger partial charge in [0.2, 0.25) is 0 Å². The molecule has 0 saturated carbocycles. The van der Waals surface area contributed by atoms with E-state index in [9.17, 15) is 0 Å². The van der Waals surface area contributed by atoms with Crippen LogP contribution in [0.2, 0.25) is 0 Å². The average Bonchev–Trinajstić information content (AvgIpc) is 3.01. The third-order valence-corrected chi connectivity index (χ3v) is 3.70. The highest BCUT2D eigenvalue weighted by atomic mass is 32.1. The van der Waals surface area contributed by atoms with Gasteiger partial charge in [0.15, 0.2) is 4.96 Å². The van der Waals surface area contributed by atoms with Crippen LogP contribution in [0.1, 0.15) is 17.6 Å². The normalized spacial score (nSPS) is 13.2. The first-order chi connectivity index (χ1) is 8.78. The van der Waals surface area contributed by atoms with Crippen molar-refractivity contribution in [3.63, 3.8) is 0 Å². The van der Waals surface area contributed by atoms with Crippen molar-refractivity contribution in [3.8, 4) is 0 Å². The molecule has 3 rings (SSSR count). The van der Waals surface area contributed by atoms with E-state index in [0.29, 0.717) is 0 Å². The molecule has 0 aromatic carbocycles. The SMILES string of the molecule is Cn1ccnc1C(Cc1cn2ccsc2n1)NN. The number of imidazole rings is 2. The Bertz CT molecular complexity index is 623. The Kier molecular flexibility index (Phi) is 2.86. The smallest absolute Gasteiger partial charge is 0.193 e. The molecule has 7 heteroatoms. The van der Waals surface area contributed by atoms with Gasteiger partial charge in [-0.3, -0.25) is 10.2 Å². The van der Waals surface area contributed by atoms with Gasteiger partial charge in [-0.2, -0.15) is 0 Å². The summed E-state index contributed by atoms with van der Waals surface area (Å²) in [6, 6.07) is -0.0328. The van der Waals surface area contributed by atoms with Crippen LogP contribution in [0.25, 0.3) is 4.96 Å². The molecule has 0 spiro atoms. The fourth-order valence-corrected chi connectivity index (χ4v) is 2.74. The second-order valence-electron chi connectivity index (χ2n) is 4.14. The average molecular weight is 262 g/mol. The van der Waals surface area contributed by atoms with Crippen LogP contribution >= 0.6 is 11.3 Å². The molecular weight excluding hydrogens is 248 g/mol. The van der Waals surface area contributed by atoms with E-state index < -0.39 is 0 Å². The molecule has 3 aromatic heterocycles. The zero-order chi connectivity index (χ0) is 12.5. The van der Waals surface area contributed by atoms with Crippen LogP contribution < -0.4 is 11.3 Å². The summed E-state index contributed by atoms with van der Waals surface area (Å²) in [6.07, 6.45) is 8.42. The lowest BCUT2D eigenvalue weighted by atomic mass is 10.1. The highest BCUT2D eigenvalue weighted by molar-refractivity contribution is 7.15. The Balaban J connectivity index is 1.86. The molecule has 0 aliphatic rings. The van der Waals surface area contributed by atoms with Crippen molar-refractivity contribution in [1.82, 2.24) is 24.4 Å². The molecule has 1 unspecified atom stereocenters. The summed E-state index contributed by atoms with van der Waals surface area (Å²) < 4.78 is 3.98. The first-order valence-electron chi connectivity index (χ1n) is 5.62. The number of nitrogens with one attached hydrogen (secondary N) is 1. The number of aryl methyl sites for hydroxylation is 1. The number of aromatic nitrogens is 4. The molecule has 3 aromatic rings. The summed E-state index contributed by atoms with van der Waals surface area (Å²) in [7, 11) is 1.96. The number of hydrogen-bond acceptors (Lipinski definition) is 5. The fourth-order valence-electron chi connectivity index (χ4n) is 2.02. The van der Waals surface area contributed by atoms with E-state index in [1.165, 1.54) is 0 Å². The topological polar surface area (TPSA) is 73.2 Å². The minimum absolute atomic E-state index is 0.0328. The summed E-state index contributed by atoms with van der Waals surface area (Å²) in [5, 5.41) is 2.02. The van der Waals surface area contributed by atoms with Crippen molar-refractivity contribution >= 4 is 16.3 Å². The van der Waals surface area contributed by atoms with E-state index in [1.54, 1.807) is 17.5 Å². The number of nitrogens with two attached hydrogens (primary N) is 1. The predicted molar refractivity (Wildman–Crippen MR) is 70.0 cm³/mol. The summed E-state index contributed by atoms with van der Waals surface area (Å²) >= 11 is 1.62. The molecule has 0 aliphatic carbocycles. The third-order valence-electron chi connectivity index (χ3n) is 2.93. The summed E-state index contributed by atoms with van der Waals surface area (Å²) in [5.74, 6) is 6.53. The second-order valence-corrected chi connectivity index (χ2v) is 5.02. The second kappa shape index (κ2) is 4.52. The number of nitrogens with zero attached hydrogens (tertiary/aromatic N) is 4. The van der Waals surface area contributed by atoms with E-state index >= 15 is 0 Å². The first-order valence-corrected chi connectivity index (χ1v) is 6.50. The van der Waals surface area contributed by atoms with Crippen LogP contribution in [0.15, 0.2) is 30.2 Å². The quantitative estimate of drug-likeness (QED) is 0.540. The molecule has 1 atom stereocenters. The lowest BCUT2D eigenvalue weighted by molar-refractivity contribution is 0.503. The Morgan fingerprint density at radius 3 is 3.06 bits per heavy atom. The molecule has 3 N–H and O–H groups in total. The van der Waals surface area contributed by atoms with Crippen LogP contribution in [0.4, 0.5) is 0 Å². The summed E-state index contributed by atoms with van der Waals surface area (Å²) in [4.78, 5) is 9.86. The maximum Gasteiger partial charge on any atom is 0.193 e. The summed E-state index contributed by atoms with van der Waals surface area (Å²) in [5.41, 5.74) is 3.81. The lowest BCUT2D eigenvalue weighted by Gasteiger charge is -2.14. The van der Waals surface area contributed by atoms with Crippen molar-refractivity contribution in [3.05, 3.63) is 41.7 Å². The number of rotatable bonds is 4. The zero-order valence-electron chi connectivity index (χ0n) is 9.95. The molecule has 0 radical (unpaired) electrons. The molecule has 94 valence electrons. The van der Waals surface area contributed by atoms with Gasteiger partial charge in [-0.1, -0.05) is 0 Å². The molecular formula is C11H14N6S. The Labute approximate surface area is 108 Å². The van der Waals surface area contributed by atoms with Gasteiger partial charge < -0.3 is 4.57 Å². The Morgan fingerprint density at radius 1 is 1.50 bits per heavy atom. The Hall–Kier alpha value is -1.70. The Morgan fingerprint density at radius 2 is 2.39 bits per heavy atom. The maximum atomic E-state index is 5.61. The van der Waals surface area contributed by atoms with E-state index in [2.05, 4.69) is 15.4 Å². The van der Waals surface area contributed by atoms with Gasteiger partial charge in [0, 0.05) is 43.6 Å². The van der Waals surface area contributed by atoms with E-state index in [-0.39, 0.29) is 6.04 Å². The lowest BCUT2D eigenvalue weighted by Crippen LogP contribution is -2.31. The van der Waals surface area contributed by atoms with E-state index in [4.69, 9.17) is 5.84 Å². The van der Waals surface area contributed by atoms with Gasteiger partial charge in [0.25, 0.3) is 0 Å². The number of hydrogen-bond donors (Lipinski definition) is 2. The molecule has 0 aliphatic heterocycles. The number of thiazole rings is 1. The standard InChI is InChI=1S/C11H14N6S/c1-16-3-2-13-10(16)9(15-12)6-8-7-17-4-5-18-11(17)14-8/h2-5,7,9,15H,6,12H2,1H3. The monoisotopic (exact) mass is 262 g/mol. The van der Waals surface area contributed by atoms with Gasteiger partial charge in [-0.15, -0.1) is 11.3 Å². The van der Waals surface area contributed by atoms with Crippen molar-refractivity contribution in [2.75, 3.05) is 0 Å². The van der Waals surface area contributed by atoms with Crippen molar-refractivity contribution < 1.29 is 0 Å². The van der Waals surface area contributed by atoms with Gasteiger partial charge in [0.1, 0.15) is 5.82 Å². The van der Waals surface area contributed by atoms with Gasteiger partial charge in [-0.25, -0.2) is 15.4 Å². The fraction of sp³-hybridized carbons (Fsp3) is 0.273. The van der Waals surface area contributed by atoms with Crippen LogP contribution in [0, 0.1) is 0 Å². The van der Waals surface area contributed by atoms with Crippen LogP contribution in [0.5, 0.6) is 0 Å². The summed E-state index contributed by atoms with van der Waals surface area (Å²) in [6.45, 7) is 0.